The average molecular weight is 182 g/mol. The van der Waals surface area contributed by atoms with Crippen LogP contribution in [0.1, 0.15) is 25.7 Å². The molecule has 0 amide bonds. The molecule has 4 nitrogen and oxygen atoms in total. The summed E-state index contributed by atoms with van der Waals surface area (Å²) in [6.07, 6.45) is 2.10. The number of carbonyl (C=O) groups excluding carboxylic acids is 1. The maximum absolute atomic E-state index is 10.9. The first kappa shape index (κ1) is 8.16. The summed E-state index contributed by atoms with van der Waals surface area (Å²) in [7, 11) is 0. The number of aliphatic hydroxyl groups excluding tert-OH is 2. The lowest BCUT2D eigenvalue weighted by Gasteiger charge is -2.23. The molecule has 0 atom stereocenters. The third-order valence-electron chi connectivity index (χ3n) is 2.32. The van der Waals surface area contributed by atoms with Crippen molar-refractivity contribution in [2.75, 3.05) is 0 Å². The first-order valence-electron chi connectivity index (χ1n) is 4.22. The van der Waals surface area contributed by atoms with Crippen LogP contribution in [0.4, 0.5) is 0 Å². The summed E-state index contributed by atoms with van der Waals surface area (Å²) >= 11 is 0. The van der Waals surface area contributed by atoms with E-state index in [9.17, 15) is 15.0 Å². The van der Waals surface area contributed by atoms with Crippen molar-refractivity contribution in [2.24, 2.45) is 0 Å². The van der Waals surface area contributed by atoms with Gasteiger partial charge in [-0.15, -0.1) is 0 Å². The van der Waals surface area contributed by atoms with Gasteiger partial charge in [-0.25, -0.2) is 0 Å². The normalized spacial score (nSPS) is 22.9. The van der Waals surface area contributed by atoms with Crippen LogP contribution in [0.5, 0.6) is 0 Å². The molecule has 0 bridgehead atoms. The third kappa shape index (κ3) is 1.28. The Balaban J connectivity index is 2.38. The molecule has 1 aliphatic heterocycles. The molecule has 2 aliphatic rings. The van der Waals surface area contributed by atoms with Crippen LogP contribution in [0.2, 0.25) is 0 Å². The Kier molecular flexibility index (Phi) is 1.76. The highest BCUT2D eigenvalue weighted by molar-refractivity contribution is 5.73. The summed E-state index contributed by atoms with van der Waals surface area (Å²) in [6.45, 7) is 0. The number of hydrogen-bond acceptors (Lipinski definition) is 4. The van der Waals surface area contributed by atoms with Crippen LogP contribution in [0.3, 0.4) is 0 Å². The van der Waals surface area contributed by atoms with Gasteiger partial charge in [0.15, 0.2) is 11.5 Å². The molecule has 0 aromatic heterocycles. The van der Waals surface area contributed by atoms with Crippen molar-refractivity contribution in [1.29, 1.82) is 0 Å². The van der Waals surface area contributed by atoms with Crippen LogP contribution in [0, 0.1) is 0 Å². The van der Waals surface area contributed by atoms with Gasteiger partial charge in [-0.05, 0) is 18.4 Å². The lowest BCUT2D eigenvalue weighted by atomic mass is 9.95. The van der Waals surface area contributed by atoms with E-state index in [4.69, 9.17) is 4.74 Å². The highest BCUT2D eigenvalue weighted by Gasteiger charge is 2.28. The zero-order valence-corrected chi connectivity index (χ0v) is 7.04. The Morgan fingerprint density at radius 3 is 2.54 bits per heavy atom. The first-order valence-corrected chi connectivity index (χ1v) is 4.22. The van der Waals surface area contributed by atoms with Crippen LogP contribution in [-0.4, -0.2) is 16.2 Å². The van der Waals surface area contributed by atoms with Gasteiger partial charge in [0.05, 0.1) is 0 Å². The minimum atomic E-state index is -0.347. The van der Waals surface area contributed by atoms with Crippen molar-refractivity contribution in [2.45, 2.75) is 25.7 Å². The van der Waals surface area contributed by atoms with E-state index < -0.39 is 0 Å². The maximum atomic E-state index is 10.9. The van der Waals surface area contributed by atoms with E-state index >= 15 is 0 Å². The van der Waals surface area contributed by atoms with Gasteiger partial charge in [0.1, 0.15) is 5.76 Å². The molecule has 0 aromatic rings. The molecule has 0 saturated carbocycles. The summed E-state index contributed by atoms with van der Waals surface area (Å²) < 4.78 is 4.85. The van der Waals surface area contributed by atoms with E-state index in [-0.39, 0.29) is 23.2 Å². The SMILES string of the molecule is O=C1CCC2=C(O1)C(O)=C(O)CC2. The summed E-state index contributed by atoms with van der Waals surface area (Å²) in [5.74, 6) is -0.525. The van der Waals surface area contributed by atoms with E-state index in [2.05, 4.69) is 0 Å². The van der Waals surface area contributed by atoms with E-state index in [0.29, 0.717) is 25.7 Å². The molecule has 1 aliphatic carbocycles. The number of allylic oxidation sites excluding steroid dienone is 2. The Labute approximate surface area is 75.1 Å². The monoisotopic (exact) mass is 182 g/mol. The van der Waals surface area contributed by atoms with Crippen molar-refractivity contribution in [1.82, 2.24) is 0 Å². The summed E-state index contributed by atoms with van der Waals surface area (Å²) in [6, 6.07) is 0. The predicted octanol–water partition coefficient (Wildman–Crippen LogP) is 1.70. The van der Waals surface area contributed by atoms with Crippen LogP contribution < -0.4 is 0 Å². The van der Waals surface area contributed by atoms with Gasteiger partial charge < -0.3 is 14.9 Å². The van der Waals surface area contributed by atoms with Crippen molar-refractivity contribution >= 4 is 5.97 Å². The minimum Gasteiger partial charge on any atom is -0.508 e. The zero-order chi connectivity index (χ0) is 9.42. The molecular weight excluding hydrogens is 172 g/mol. The second-order valence-corrected chi connectivity index (χ2v) is 3.20. The standard InChI is InChI=1S/C9H10O4/c10-6-3-1-5-2-4-7(11)13-9(5)8(6)12/h10,12H,1-4H2. The zero-order valence-electron chi connectivity index (χ0n) is 7.04. The number of esters is 1. The van der Waals surface area contributed by atoms with Crippen molar-refractivity contribution in [3.8, 4) is 0 Å². The fourth-order valence-electron chi connectivity index (χ4n) is 1.58. The van der Waals surface area contributed by atoms with Gasteiger partial charge in [0.2, 0.25) is 0 Å². The lowest BCUT2D eigenvalue weighted by molar-refractivity contribution is -0.140. The van der Waals surface area contributed by atoms with E-state index in [1.807, 2.05) is 0 Å². The van der Waals surface area contributed by atoms with Gasteiger partial charge in [0, 0.05) is 12.8 Å². The molecule has 4 heteroatoms. The van der Waals surface area contributed by atoms with Crippen molar-refractivity contribution in [3.63, 3.8) is 0 Å². The van der Waals surface area contributed by atoms with Crippen LogP contribution in [-0.2, 0) is 9.53 Å². The lowest BCUT2D eigenvalue weighted by Crippen LogP contribution is -2.18. The Morgan fingerprint density at radius 1 is 1.08 bits per heavy atom. The van der Waals surface area contributed by atoms with Gasteiger partial charge in [-0.3, -0.25) is 4.79 Å². The average Bonchev–Trinajstić information content (AvgIpc) is 2.12. The second kappa shape index (κ2) is 2.80. The van der Waals surface area contributed by atoms with E-state index in [0.717, 1.165) is 5.57 Å². The highest BCUT2D eigenvalue weighted by Crippen LogP contribution is 2.34. The first-order chi connectivity index (χ1) is 6.18. The summed E-state index contributed by atoms with van der Waals surface area (Å²) in [5, 5.41) is 18.6. The molecule has 2 rings (SSSR count). The third-order valence-corrected chi connectivity index (χ3v) is 2.32. The highest BCUT2D eigenvalue weighted by atomic mass is 16.5. The number of hydrogen-bond donors (Lipinski definition) is 2. The Morgan fingerprint density at radius 2 is 1.77 bits per heavy atom. The Bertz CT molecular complexity index is 325. The van der Waals surface area contributed by atoms with Crippen molar-refractivity contribution < 1.29 is 19.7 Å². The molecule has 0 saturated heterocycles. The molecule has 2 N–H and O–H groups in total. The molecule has 1 heterocycles. The van der Waals surface area contributed by atoms with E-state index in [1.165, 1.54) is 0 Å². The number of carbonyl (C=O) groups is 1. The molecule has 0 radical (unpaired) electrons. The minimum absolute atomic E-state index is 0.0894. The van der Waals surface area contributed by atoms with Gasteiger partial charge in [-0.2, -0.15) is 0 Å². The number of rotatable bonds is 0. The Hall–Kier alpha value is -1.45. The molecular formula is C9H10O4. The maximum Gasteiger partial charge on any atom is 0.311 e. The summed E-state index contributed by atoms with van der Waals surface area (Å²) in [4.78, 5) is 10.9. The van der Waals surface area contributed by atoms with Crippen LogP contribution in [0.15, 0.2) is 22.9 Å². The molecule has 0 spiro atoms. The number of ether oxygens (including phenoxy) is 1. The largest absolute Gasteiger partial charge is 0.508 e. The summed E-state index contributed by atoms with van der Waals surface area (Å²) in [5.41, 5.74) is 0.926. The van der Waals surface area contributed by atoms with Gasteiger partial charge in [0.25, 0.3) is 0 Å². The smallest absolute Gasteiger partial charge is 0.311 e. The fourth-order valence-corrected chi connectivity index (χ4v) is 1.58. The molecule has 0 unspecified atom stereocenters. The molecule has 0 fully saturated rings. The van der Waals surface area contributed by atoms with Crippen LogP contribution >= 0.6 is 0 Å². The predicted molar refractivity (Wildman–Crippen MR) is 43.9 cm³/mol. The van der Waals surface area contributed by atoms with E-state index in [1.54, 1.807) is 0 Å². The molecule has 13 heavy (non-hydrogen) atoms. The van der Waals surface area contributed by atoms with Gasteiger partial charge in [-0.1, -0.05) is 0 Å². The van der Waals surface area contributed by atoms with Gasteiger partial charge >= 0.3 is 5.97 Å². The molecule has 0 aromatic carbocycles. The number of aliphatic hydroxyl groups is 2. The van der Waals surface area contributed by atoms with Crippen LogP contribution in [0.25, 0.3) is 0 Å². The topological polar surface area (TPSA) is 66.8 Å². The molecule has 70 valence electrons. The second-order valence-electron chi connectivity index (χ2n) is 3.20. The van der Waals surface area contributed by atoms with Crippen molar-refractivity contribution in [3.05, 3.63) is 22.9 Å². The quantitative estimate of drug-likeness (QED) is 0.559. The fraction of sp³-hybridized carbons (Fsp3) is 0.444.